The van der Waals surface area contributed by atoms with E-state index in [1.165, 1.54) is 0 Å². The van der Waals surface area contributed by atoms with Crippen molar-refractivity contribution in [1.29, 1.82) is 0 Å². The van der Waals surface area contributed by atoms with Gasteiger partial charge in [0.25, 0.3) is 0 Å². The highest BCUT2D eigenvalue weighted by Crippen LogP contribution is 2.18. The number of ether oxygens (including phenoxy) is 1. The lowest BCUT2D eigenvalue weighted by Crippen LogP contribution is -2.27. The highest BCUT2D eigenvalue weighted by molar-refractivity contribution is 4.54. The fourth-order valence-corrected chi connectivity index (χ4v) is 0.594. The molecule has 8 heteroatoms. The van der Waals surface area contributed by atoms with E-state index in [1.807, 2.05) is 0 Å². The van der Waals surface area contributed by atoms with E-state index in [-0.39, 0.29) is 6.54 Å². The van der Waals surface area contributed by atoms with Crippen molar-refractivity contribution in [2.24, 2.45) is 0 Å². The van der Waals surface area contributed by atoms with Gasteiger partial charge in [-0.3, -0.25) is 4.74 Å². The van der Waals surface area contributed by atoms with Crippen molar-refractivity contribution >= 4 is 0 Å². The Hall–Kier alpha value is -0.500. The van der Waals surface area contributed by atoms with Crippen LogP contribution in [0.2, 0.25) is 0 Å². The van der Waals surface area contributed by atoms with Gasteiger partial charge in [-0.15, -0.1) is 13.2 Å². The first kappa shape index (κ1) is 13.5. The lowest BCUT2D eigenvalue weighted by molar-refractivity contribution is -0.323. The van der Waals surface area contributed by atoms with E-state index in [0.29, 0.717) is 0 Å². The normalized spacial score (nSPS) is 13.3. The third kappa shape index (κ3) is 11.5. The molecule has 0 spiro atoms. The average Bonchev–Trinajstić information content (AvgIpc) is 1.92. The first-order valence-corrected chi connectivity index (χ1v) is 3.69. The molecule has 0 aliphatic rings. The Morgan fingerprint density at radius 2 is 1.50 bits per heavy atom. The largest absolute Gasteiger partial charge is 0.522 e. The minimum Gasteiger partial charge on any atom is -0.314 e. The van der Waals surface area contributed by atoms with Gasteiger partial charge in [-0.25, -0.2) is 0 Å². The maximum Gasteiger partial charge on any atom is 0.522 e. The zero-order valence-corrected chi connectivity index (χ0v) is 7.00. The van der Waals surface area contributed by atoms with Crippen LogP contribution in [0.1, 0.15) is 6.42 Å². The summed E-state index contributed by atoms with van der Waals surface area (Å²) < 4.78 is 71.8. The molecule has 0 radical (unpaired) electrons. The summed E-state index contributed by atoms with van der Waals surface area (Å²) in [6, 6.07) is 0. The topological polar surface area (TPSA) is 21.3 Å². The molecule has 14 heavy (non-hydrogen) atoms. The molecule has 0 aromatic rings. The summed E-state index contributed by atoms with van der Waals surface area (Å²) in [6.45, 7) is -1.37. The first-order chi connectivity index (χ1) is 6.21. The van der Waals surface area contributed by atoms with Gasteiger partial charge in [0.05, 0.1) is 13.0 Å². The lowest BCUT2D eigenvalue weighted by Gasteiger charge is -2.09. The van der Waals surface area contributed by atoms with Gasteiger partial charge in [-0.05, 0) is 0 Å². The van der Waals surface area contributed by atoms with Crippen molar-refractivity contribution in [1.82, 2.24) is 5.32 Å². The molecule has 86 valence electrons. The molecular formula is C6H9F6NO. The summed E-state index contributed by atoms with van der Waals surface area (Å²) in [4.78, 5) is 0. The Kier molecular flexibility index (Phi) is 5.21. The molecule has 2 nitrogen and oxygen atoms in total. The third-order valence-corrected chi connectivity index (χ3v) is 1.13. The fourth-order valence-electron chi connectivity index (χ4n) is 0.594. The number of nitrogens with one attached hydrogen (secondary N) is 1. The van der Waals surface area contributed by atoms with Gasteiger partial charge in [0.15, 0.2) is 0 Å². The second-order valence-electron chi connectivity index (χ2n) is 2.41. The molecule has 0 unspecified atom stereocenters. The van der Waals surface area contributed by atoms with E-state index in [0.717, 1.165) is 0 Å². The SMILES string of the molecule is FC(F)(F)CCNCCOC(F)(F)F. The minimum absolute atomic E-state index is 0.268. The third-order valence-electron chi connectivity index (χ3n) is 1.13. The van der Waals surface area contributed by atoms with Gasteiger partial charge >= 0.3 is 12.5 Å². The standard InChI is InChI=1S/C6H9F6NO/c7-5(8,9)1-2-13-3-4-14-6(10,11)12/h13H,1-4H2. The Bertz CT molecular complexity index is 135. The molecule has 0 aliphatic heterocycles. The van der Waals surface area contributed by atoms with Crippen LogP contribution < -0.4 is 5.32 Å². The average molecular weight is 225 g/mol. The monoisotopic (exact) mass is 225 g/mol. The number of halogens is 6. The lowest BCUT2D eigenvalue weighted by atomic mass is 10.4. The number of alkyl halides is 6. The van der Waals surface area contributed by atoms with Crippen molar-refractivity contribution in [3.05, 3.63) is 0 Å². The van der Waals surface area contributed by atoms with E-state index < -0.39 is 32.1 Å². The van der Waals surface area contributed by atoms with Gasteiger partial charge in [-0.2, -0.15) is 13.2 Å². The van der Waals surface area contributed by atoms with Crippen LogP contribution in [0.4, 0.5) is 26.3 Å². The van der Waals surface area contributed by atoms with Crippen LogP contribution in [0.3, 0.4) is 0 Å². The predicted molar refractivity (Wildman–Crippen MR) is 35.5 cm³/mol. The number of hydrogen-bond donors (Lipinski definition) is 1. The molecule has 0 heterocycles. The number of hydrogen-bond acceptors (Lipinski definition) is 2. The molecule has 0 aliphatic carbocycles. The van der Waals surface area contributed by atoms with Crippen LogP contribution in [-0.4, -0.2) is 32.2 Å². The molecule has 0 aromatic heterocycles. The Morgan fingerprint density at radius 3 is 1.93 bits per heavy atom. The molecule has 0 fully saturated rings. The molecule has 0 saturated carbocycles. The van der Waals surface area contributed by atoms with Crippen LogP contribution >= 0.6 is 0 Å². The second kappa shape index (κ2) is 5.40. The molecule has 0 aromatic carbocycles. The van der Waals surface area contributed by atoms with Crippen molar-refractivity contribution in [2.45, 2.75) is 19.0 Å². The van der Waals surface area contributed by atoms with E-state index in [2.05, 4.69) is 10.1 Å². The van der Waals surface area contributed by atoms with Crippen molar-refractivity contribution in [2.75, 3.05) is 19.7 Å². The van der Waals surface area contributed by atoms with Crippen LogP contribution in [0, 0.1) is 0 Å². The molecule has 0 saturated heterocycles. The summed E-state index contributed by atoms with van der Waals surface area (Å²) in [5, 5.41) is 2.17. The summed E-state index contributed by atoms with van der Waals surface area (Å²) in [6.07, 6.45) is -10.1. The minimum atomic E-state index is -4.73. The summed E-state index contributed by atoms with van der Waals surface area (Å²) >= 11 is 0. The summed E-state index contributed by atoms with van der Waals surface area (Å²) in [5.41, 5.74) is 0. The van der Waals surface area contributed by atoms with Crippen molar-refractivity contribution < 1.29 is 31.1 Å². The van der Waals surface area contributed by atoms with E-state index in [1.54, 1.807) is 0 Å². The second-order valence-corrected chi connectivity index (χ2v) is 2.41. The first-order valence-electron chi connectivity index (χ1n) is 3.69. The van der Waals surface area contributed by atoms with Crippen LogP contribution in [0.5, 0.6) is 0 Å². The van der Waals surface area contributed by atoms with Gasteiger partial charge in [0, 0.05) is 13.1 Å². The van der Waals surface area contributed by atoms with E-state index in [4.69, 9.17) is 0 Å². The van der Waals surface area contributed by atoms with Gasteiger partial charge in [0.2, 0.25) is 0 Å². The predicted octanol–water partition coefficient (Wildman–Crippen LogP) is 2.06. The molecule has 0 amide bonds. The quantitative estimate of drug-likeness (QED) is 0.571. The maximum absolute atomic E-state index is 11.5. The van der Waals surface area contributed by atoms with E-state index >= 15 is 0 Å². The zero-order valence-electron chi connectivity index (χ0n) is 7.00. The van der Waals surface area contributed by atoms with Crippen LogP contribution in [0.25, 0.3) is 0 Å². The van der Waals surface area contributed by atoms with Crippen molar-refractivity contribution in [3.63, 3.8) is 0 Å². The Balaban J connectivity index is 3.23. The summed E-state index contributed by atoms with van der Waals surface area (Å²) in [7, 11) is 0. The highest BCUT2D eigenvalue weighted by atomic mass is 19.4. The Labute approximate surface area is 76.2 Å². The molecule has 0 rings (SSSR count). The zero-order chi connectivity index (χ0) is 11.2. The molecular weight excluding hydrogens is 216 g/mol. The molecule has 0 atom stereocenters. The summed E-state index contributed by atoms with van der Waals surface area (Å²) in [5.74, 6) is 0. The Morgan fingerprint density at radius 1 is 0.929 bits per heavy atom. The van der Waals surface area contributed by atoms with Gasteiger partial charge in [-0.1, -0.05) is 0 Å². The number of rotatable bonds is 5. The van der Waals surface area contributed by atoms with Crippen LogP contribution in [-0.2, 0) is 4.74 Å². The van der Waals surface area contributed by atoms with Gasteiger partial charge < -0.3 is 5.32 Å². The molecule has 0 bridgehead atoms. The fraction of sp³-hybridized carbons (Fsp3) is 1.00. The highest BCUT2D eigenvalue weighted by Gasteiger charge is 2.29. The van der Waals surface area contributed by atoms with Gasteiger partial charge in [0.1, 0.15) is 0 Å². The molecule has 1 N–H and O–H groups in total. The smallest absolute Gasteiger partial charge is 0.314 e. The van der Waals surface area contributed by atoms with Crippen LogP contribution in [0.15, 0.2) is 0 Å². The van der Waals surface area contributed by atoms with Crippen molar-refractivity contribution in [3.8, 4) is 0 Å². The van der Waals surface area contributed by atoms with E-state index in [9.17, 15) is 26.3 Å². The maximum atomic E-state index is 11.5.